The number of fused-ring (bicyclic) bond motifs is 9. The Balaban J connectivity index is 0.969. The van der Waals surface area contributed by atoms with Crippen molar-refractivity contribution in [2.75, 3.05) is 0 Å². The van der Waals surface area contributed by atoms with Gasteiger partial charge in [-0.1, -0.05) is 146 Å². The molecule has 0 aliphatic carbocycles. The van der Waals surface area contributed by atoms with Crippen LogP contribution >= 0.6 is 11.3 Å². The van der Waals surface area contributed by atoms with E-state index in [9.17, 15) is 0 Å². The number of hydrogen-bond acceptors (Lipinski definition) is 7. The number of thiophene rings is 1. The lowest BCUT2D eigenvalue weighted by atomic mass is 9.98. The lowest BCUT2D eigenvalue weighted by Gasteiger charge is -2.11. The predicted molar refractivity (Wildman–Crippen MR) is 258 cm³/mol. The Bertz CT molecular complexity index is 3930. The van der Waals surface area contributed by atoms with Crippen LogP contribution in [0.5, 0.6) is 0 Å². The van der Waals surface area contributed by atoms with Crippen molar-refractivity contribution in [3.8, 4) is 67.7 Å². The van der Waals surface area contributed by atoms with Crippen molar-refractivity contribution in [1.82, 2.24) is 19.9 Å². The molecular weight excluding hydrogens is 793 g/mol. The van der Waals surface area contributed by atoms with Gasteiger partial charge in [-0.2, -0.15) is 0 Å². The van der Waals surface area contributed by atoms with Crippen molar-refractivity contribution in [3.63, 3.8) is 0 Å². The highest BCUT2D eigenvalue weighted by Gasteiger charge is 2.21. The third kappa shape index (κ3) is 5.86. The lowest BCUT2D eigenvalue weighted by molar-refractivity contribution is 0.666. The van der Waals surface area contributed by atoms with Gasteiger partial charge in [0.1, 0.15) is 28.0 Å². The molecule has 0 bridgehead atoms. The molecule has 294 valence electrons. The third-order valence-corrected chi connectivity index (χ3v) is 13.1. The molecule has 7 heteroatoms. The lowest BCUT2D eigenvalue weighted by Crippen LogP contribution is -1.96. The van der Waals surface area contributed by atoms with E-state index in [1.165, 1.54) is 25.7 Å². The van der Waals surface area contributed by atoms with Crippen LogP contribution in [0, 0.1) is 0 Å². The molecule has 0 unspecified atom stereocenters. The Morgan fingerprint density at radius 1 is 0.365 bits per heavy atom. The highest BCUT2D eigenvalue weighted by molar-refractivity contribution is 7.26. The SMILES string of the molecule is c1ccc(-c2nc(-c3cccc(-c4cccc5c4sc4ccccc45)c3)cc(-c3cccc4oc5cc(-c6nc(-c7ccccc7)nc7c6oc6ccccc67)ccc5c34)n2)cc1. The van der Waals surface area contributed by atoms with Gasteiger partial charge < -0.3 is 8.83 Å². The molecule has 0 atom stereocenters. The third-order valence-electron chi connectivity index (χ3n) is 11.9. The fourth-order valence-corrected chi connectivity index (χ4v) is 10.2. The summed E-state index contributed by atoms with van der Waals surface area (Å²) < 4.78 is 15.7. The van der Waals surface area contributed by atoms with Gasteiger partial charge >= 0.3 is 0 Å². The smallest absolute Gasteiger partial charge is 0.180 e. The van der Waals surface area contributed by atoms with Gasteiger partial charge in [0, 0.05) is 64.1 Å². The molecule has 0 saturated carbocycles. The van der Waals surface area contributed by atoms with E-state index in [1.54, 1.807) is 0 Å². The standard InChI is InChI=1S/C56H32N4O2S/c1-3-14-33(15-4-1)55-57-44(36-19-11-18-35(30-36)38-22-12-23-40-39-20-8-10-27-49(39)63-54(38)40)32-45(58-55)41-24-13-26-47-50(41)42-29-28-37(31-48(42)61-47)51-53-52(43-21-7-9-25-46(43)62-53)60-56(59-51)34-16-5-2-6-17-34/h1-32H. The molecule has 0 amide bonds. The first-order valence-corrected chi connectivity index (χ1v) is 21.7. The number of rotatable bonds is 6. The van der Waals surface area contributed by atoms with Crippen molar-refractivity contribution in [3.05, 3.63) is 194 Å². The first-order chi connectivity index (χ1) is 31.2. The van der Waals surface area contributed by atoms with Crippen LogP contribution in [0.4, 0.5) is 0 Å². The number of nitrogens with zero attached hydrogens (tertiary/aromatic N) is 4. The van der Waals surface area contributed by atoms with E-state index in [1.807, 2.05) is 96.3 Å². The van der Waals surface area contributed by atoms with Gasteiger partial charge in [0.25, 0.3) is 0 Å². The van der Waals surface area contributed by atoms with Crippen LogP contribution in [0.1, 0.15) is 0 Å². The molecule has 0 aliphatic rings. The Kier molecular flexibility index (Phi) is 7.98. The molecule has 63 heavy (non-hydrogen) atoms. The van der Waals surface area contributed by atoms with E-state index in [4.69, 9.17) is 28.8 Å². The first kappa shape index (κ1) is 35.5. The molecule has 0 saturated heterocycles. The molecular formula is C56H32N4O2S. The minimum Gasteiger partial charge on any atom is -0.456 e. The monoisotopic (exact) mass is 824 g/mol. The zero-order valence-corrected chi connectivity index (χ0v) is 34.3. The van der Waals surface area contributed by atoms with Gasteiger partial charge in [0.2, 0.25) is 0 Å². The highest BCUT2D eigenvalue weighted by atomic mass is 32.1. The molecule has 0 spiro atoms. The molecule has 13 rings (SSSR count). The van der Waals surface area contributed by atoms with Gasteiger partial charge in [0.15, 0.2) is 17.2 Å². The molecule has 0 radical (unpaired) electrons. The summed E-state index contributed by atoms with van der Waals surface area (Å²) in [4.78, 5) is 20.6. The summed E-state index contributed by atoms with van der Waals surface area (Å²) in [7, 11) is 0. The summed E-state index contributed by atoms with van der Waals surface area (Å²) in [5.41, 5.74) is 13.1. The number of hydrogen-bond donors (Lipinski definition) is 0. The zero-order chi connectivity index (χ0) is 41.4. The fourth-order valence-electron chi connectivity index (χ4n) is 8.96. The normalized spacial score (nSPS) is 11.8. The van der Waals surface area contributed by atoms with Crippen LogP contribution in [0.3, 0.4) is 0 Å². The van der Waals surface area contributed by atoms with Crippen molar-refractivity contribution < 1.29 is 8.83 Å². The topological polar surface area (TPSA) is 77.8 Å². The van der Waals surface area contributed by atoms with Gasteiger partial charge in [-0.05, 0) is 59.7 Å². The zero-order valence-electron chi connectivity index (χ0n) is 33.5. The summed E-state index contributed by atoms with van der Waals surface area (Å²) >= 11 is 1.84. The quantitative estimate of drug-likeness (QED) is 0.166. The van der Waals surface area contributed by atoms with Crippen molar-refractivity contribution in [1.29, 1.82) is 0 Å². The number of benzene rings is 8. The van der Waals surface area contributed by atoms with E-state index in [0.717, 1.165) is 83.2 Å². The van der Waals surface area contributed by atoms with E-state index in [2.05, 4.69) is 109 Å². The molecule has 8 aromatic carbocycles. The van der Waals surface area contributed by atoms with Crippen LogP contribution in [-0.4, -0.2) is 19.9 Å². The fraction of sp³-hybridized carbons (Fsp3) is 0. The van der Waals surface area contributed by atoms with Crippen LogP contribution in [0.2, 0.25) is 0 Å². The molecule has 0 N–H and O–H groups in total. The molecule has 5 aromatic heterocycles. The Morgan fingerprint density at radius 3 is 1.87 bits per heavy atom. The van der Waals surface area contributed by atoms with Crippen LogP contribution in [0.15, 0.2) is 203 Å². The highest BCUT2D eigenvalue weighted by Crippen LogP contribution is 2.43. The molecule has 6 nitrogen and oxygen atoms in total. The second-order valence-corrected chi connectivity index (χ2v) is 16.8. The van der Waals surface area contributed by atoms with E-state index in [0.29, 0.717) is 22.9 Å². The second-order valence-electron chi connectivity index (χ2n) is 15.7. The van der Waals surface area contributed by atoms with E-state index in [-0.39, 0.29) is 0 Å². The van der Waals surface area contributed by atoms with E-state index < -0.39 is 0 Å². The summed E-state index contributed by atoms with van der Waals surface area (Å²) in [6, 6.07) is 66.8. The van der Waals surface area contributed by atoms with Crippen LogP contribution in [0.25, 0.3) is 132 Å². The Labute approximate surface area is 364 Å². The van der Waals surface area contributed by atoms with Gasteiger partial charge in [-0.15, -0.1) is 11.3 Å². The maximum Gasteiger partial charge on any atom is 0.180 e. The van der Waals surface area contributed by atoms with E-state index >= 15 is 0 Å². The number of aromatic nitrogens is 4. The Hall–Kier alpha value is -8.26. The van der Waals surface area contributed by atoms with Gasteiger partial charge in [-0.25, -0.2) is 19.9 Å². The number of para-hydroxylation sites is 1. The van der Waals surface area contributed by atoms with Crippen molar-refractivity contribution in [2.24, 2.45) is 0 Å². The Morgan fingerprint density at radius 2 is 1.02 bits per heavy atom. The molecule has 0 fully saturated rings. The summed E-state index contributed by atoms with van der Waals surface area (Å²) in [5.74, 6) is 1.29. The van der Waals surface area contributed by atoms with Crippen molar-refractivity contribution in [2.45, 2.75) is 0 Å². The summed E-state index contributed by atoms with van der Waals surface area (Å²) in [6.45, 7) is 0. The molecule has 0 aliphatic heterocycles. The first-order valence-electron chi connectivity index (χ1n) is 20.9. The summed E-state index contributed by atoms with van der Waals surface area (Å²) in [6.07, 6.45) is 0. The van der Waals surface area contributed by atoms with Crippen LogP contribution in [-0.2, 0) is 0 Å². The minimum atomic E-state index is 0.633. The summed E-state index contributed by atoms with van der Waals surface area (Å²) in [5, 5.41) is 5.47. The van der Waals surface area contributed by atoms with Gasteiger partial charge in [0.05, 0.1) is 11.4 Å². The average Bonchev–Trinajstić information content (AvgIpc) is 4.05. The second kappa shape index (κ2) is 14.2. The van der Waals surface area contributed by atoms with Gasteiger partial charge in [-0.3, -0.25) is 0 Å². The largest absolute Gasteiger partial charge is 0.456 e. The maximum absolute atomic E-state index is 6.70. The minimum absolute atomic E-state index is 0.633. The molecule has 5 heterocycles. The predicted octanol–water partition coefficient (Wildman–Crippen LogP) is 15.4. The average molecular weight is 825 g/mol. The van der Waals surface area contributed by atoms with Crippen LogP contribution < -0.4 is 0 Å². The number of furan rings is 2. The molecule has 13 aromatic rings. The maximum atomic E-state index is 6.70. The van der Waals surface area contributed by atoms with Crippen molar-refractivity contribution >= 4 is 75.5 Å².